The third-order valence-corrected chi connectivity index (χ3v) is 4.93. The van der Waals surface area contributed by atoms with Crippen LogP contribution in [0.3, 0.4) is 0 Å². The van der Waals surface area contributed by atoms with Gasteiger partial charge in [0, 0.05) is 49.2 Å². The van der Waals surface area contributed by atoms with E-state index in [-0.39, 0.29) is 0 Å². The number of rotatable bonds is 3. The van der Waals surface area contributed by atoms with E-state index in [1.165, 1.54) is 35.6 Å². The standard InChI is InChI=1S/C20H21FN4O/c1-24-18-12-19(22-13-14(18)11-17(21)20(24)26)23-15-5-7-16(8-6-15)25-9-3-2-4-10-25/h5-8,11-13H,2-4,9-10H2,1H3,(H,22,23). The summed E-state index contributed by atoms with van der Waals surface area (Å²) in [6.45, 7) is 2.23. The molecule has 1 aromatic carbocycles. The van der Waals surface area contributed by atoms with Crippen molar-refractivity contribution < 1.29 is 4.39 Å². The summed E-state index contributed by atoms with van der Waals surface area (Å²) in [7, 11) is 1.56. The maximum absolute atomic E-state index is 13.6. The molecule has 1 aliphatic heterocycles. The van der Waals surface area contributed by atoms with Gasteiger partial charge in [0.15, 0.2) is 5.82 Å². The van der Waals surface area contributed by atoms with Crippen molar-refractivity contribution in [2.75, 3.05) is 23.3 Å². The first kappa shape index (κ1) is 16.6. The molecule has 0 radical (unpaired) electrons. The summed E-state index contributed by atoms with van der Waals surface area (Å²) >= 11 is 0. The first-order valence-electron chi connectivity index (χ1n) is 8.89. The minimum Gasteiger partial charge on any atom is -0.372 e. The molecule has 4 rings (SSSR count). The van der Waals surface area contributed by atoms with Gasteiger partial charge in [0.05, 0.1) is 5.52 Å². The van der Waals surface area contributed by atoms with Crippen LogP contribution in [0.5, 0.6) is 0 Å². The molecule has 0 saturated carbocycles. The van der Waals surface area contributed by atoms with Gasteiger partial charge < -0.3 is 14.8 Å². The summed E-state index contributed by atoms with van der Waals surface area (Å²) in [4.78, 5) is 18.5. The van der Waals surface area contributed by atoms with Crippen molar-refractivity contribution in [2.24, 2.45) is 7.05 Å². The molecule has 6 heteroatoms. The number of pyridine rings is 2. The summed E-state index contributed by atoms with van der Waals surface area (Å²) in [6, 6.07) is 11.3. The Labute approximate surface area is 151 Å². The SMILES string of the molecule is Cn1c(=O)c(F)cc2cnc(Nc3ccc(N4CCCCC4)cc3)cc21. The molecule has 3 aromatic rings. The number of aromatic nitrogens is 2. The molecule has 1 saturated heterocycles. The highest BCUT2D eigenvalue weighted by Crippen LogP contribution is 2.24. The Kier molecular flexibility index (Phi) is 4.32. The van der Waals surface area contributed by atoms with Crippen LogP contribution in [0.25, 0.3) is 10.9 Å². The molecule has 1 aliphatic rings. The zero-order valence-electron chi connectivity index (χ0n) is 14.7. The van der Waals surface area contributed by atoms with Gasteiger partial charge in [0.1, 0.15) is 5.82 Å². The highest BCUT2D eigenvalue weighted by atomic mass is 19.1. The largest absolute Gasteiger partial charge is 0.372 e. The number of halogens is 1. The van der Waals surface area contributed by atoms with Crippen LogP contribution in [0.2, 0.25) is 0 Å². The van der Waals surface area contributed by atoms with Crippen LogP contribution in [0, 0.1) is 5.82 Å². The normalized spacial score (nSPS) is 14.6. The number of nitrogens with one attached hydrogen (secondary N) is 1. The minimum atomic E-state index is -0.768. The molecule has 134 valence electrons. The number of anilines is 3. The molecule has 0 amide bonds. The zero-order chi connectivity index (χ0) is 18.1. The lowest BCUT2D eigenvalue weighted by Crippen LogP contribution is -2.29. The van der Waals surface area contributed by atoms with Crippen molar-refractivity contribution in [3.05, 3.63) is 58.8 Å². The summed E-state index contributed by atoms with van der Waals surface area (Å²) in [5.41, 5.74) is 2.16. The van der Waals surface area contributed by atoms with Crippen molar-refractivity contribution in [3.8, 4) is 0 Å². The monoisotopic (exact) mass is 352 g/mol. The molecule has 26 heavy (non-hydrogen) atoms. The van der Waals surface area contributed by atoms with Gasteiger partial charge in [0.25, 0.3) is 5.56 Å². The van der Waals surface area contributed by atoms with Gasteiger partial charge in [0.2, 0.25) is 0 Å². The van der Waals surface area contributed by atoms with Crippen molar-refractivity contribution in [2.45, 2.75) is 19.3 Å². The summed E-state index contributed by atoms with van der Waals surface area (Å²) < 4.78 is 14.9. The van der Waals surface area contributed by atoms with E-state index >= 15 is 0 Å². The second kappa shape index (κ2) is 6.78. The van der Waals surface area contributed by atoms with Gasteiger partial charge in [-0.1, -0.05) is 0 Å². The zero-order valence-corrected chi connectivity index (χ0v) is 14.7. The van der Waals surface area contributed by atoms with Crippen LogP contribution < -0.4 is 15.8 Å². The molecule has 1 fully saturated rings. The topological polar surface area (TPSA) is 50.2 Å². The molecule has 5 nitrogen and oxygen atoms in total. The number of hydrogen-bond donors (Lipinski definition) is 1. The lowest BCUT2D eigenvalue weighted by atomic mass is 10.1. The second-order valence-corrected chi connectivity index (χ2v) is 6.70. The second-order valence-electron chi connectivity index (χ2n) is 6.70. The fourth-order valence-corrected chi connectivity index (χ4v) is 3.45. The molecule has 2 aromatic heterocycles. The third-order valence-electron chi connectivity index (χ3n) is 4.93. The molecular weight excluding hydrogens is 331 g/mol. The Bertz CT molecular complexity index is 991. The maximum atomic E-state index is 13.6. The van der Waals surface area contributed by atoms with Crippen molar-refractivity contribution in [3.63, 3.8) is 0 Å². The summed E-state index contributed by atoms with van der Waals surface area (Å²) in [5, 5.41) is 3.84. The number of hydrogen-bond acceptors (Lipinski definition) is 4. The number of fused-ring (bicyclic) bond motifs is 1. The van der Waals surface area contributed by atoms with E-state index in [1.54, 1.807) is 19.3 Å². The molecule has 0 bridgehead atoms. The van der Waals surface area contributed by atoms with Gasteiger partial charge in [-0.05, 0) is 49.6 Å². The Morgan fingerprint density at radius 2 is 1.81 bits per heavy atom. The number of piperidine rings is 1. The fourth-order valence-electron chi connectivity index (χ4n) is 3.45. The van der Waals surface area contributed by atoms with E-state index in [0.717, 1.165) is 18.8 Å². The van der Waals surface area contributed by atoms with E-state index in [2.05, 4.69) is 27.3 Å². The van der Waals surface area contributed by atoms with Gasteiger partial charge in [-0.25, -0.2) is 9.37 Å². The first-order chi connectivity index (χ1) is 12.6. The van der Waals surface area contributed by atoms with Crippen molar-refractivity contribution in [1.29, 1.82) is 0 Å². The van der Waals surface area contributed by atoms with Crippen molar-refractivity contribution in [1.82, 2.24) is 9.55 Å². The fraction of sp³-hybridized carbons (Fsp3) is 0.300. The van der Waals surface area contributed by atoms with Crippen LogP contribution in [0.4, 0.5) is 21.6 Å². The van der Waals surface area contributed by atoms with E-state index in [4.69, 9.17) is 0 Å². The van der Waals surface area contributed by atoms with Crippen molar-refractivity contribution >= 4 is 28.1 Å². The Hall–Kier alpha value is -2.89. The predicted octanol–water partition coefficient (Wildman–Crippen LogP) is 3.81. The van der Waals surface area contributed by atoms with Gasteiger partial charge in [-0.2, -0.15) is 0 Å². The smallest absolute Gasteiger partial charge is 0.286 e. The summed E-state index contributed by atoms with van der Waals surface area (Å²) in [5.74, 6) is -0.152. The maximum Gasteiger partial charge on any atom is 0.286 e. The molecule has 0 atom stereocenters. The van der Waals surface area contributed by atoms with E-state index in [9.17, 15) is 9.18 Å². The van der Waals surface area contributed by atoms with Gasteiger partial charge in [-0.15, -0.1) is 0 Å². The number of nitrogens with zero attached hydrogens (tertiary/aromatic N) is 3. The molecular formula is C20H21FN4O. The van der Waals surface area contributed by atoms with Crippen LogP contribution in [0.15, 0.2) is 47.4 Å². The number of aryl methyl sites for hydroxylation is 1. The minimum absolute atomic E-state index is 0.593. The lowest BCUT2D eigenvalue weighted by molar-refractivity contribution is 0.578. The van der Waals surface area contributed by atoms with Crippen LogP contribution >= 0.6 is 0 Å². The predicted molar refractivity (Wildman–Crippen MR) is 103 cm³/mol. The van der Waals surface area contributed by atoms with Crippen LogP contribution in [0.1, 0.15) is 19.3 Å². The Morgan fingerprint density at radius 3 is 2.54 bits per heavy atom. The van der Waals surface area contributed by atoms with Crippen LogP contribution in [-0.2, 0) is 7.05 Å². The Balaban J connectivity index is 1.58. The third kappa shape index (κ3) is 3.14. The van der Waals surface area contributed by atoms with Crippen LogP contribution in [-0.4, -0.2) is 22.6 Å². The highest BCUT2D eigenvalue weighted by molar-refractivity contribution is 5.81. The molecule has 0 aliphatic carbocycles. The highest BCUT2D eigenvalue weighted by Gasteiger charge is 2.11. The molecule has 0 spiro atoms. The van der Waals surface area contributed by atoms with E-state index in [1.807, 2.05) is 12.1 Å². The molecule has 1 N–H and O–H groups in total. The molecule has 3 heterocycles. The average molecular weight is 352 g/mol. The molecule has 0 unspecified atom stereocenters. The quantitative estimate of drug-likeness (QED) is 0.779. The average Bonchev–Trinajstić information content (AvgIpc) is 2.68. The number of benzene rings is 1. The van der Waals surface area contributed by atoms with Gasteiger partial charge >= 0.3 is 0 Å². The first-order valence-corrected chi connectivity index (χ1v) is 8.89. The van der Waals surface area contributed by atoms with E-state index in [0.29, 0.717) is 16.7 Å². The Morgan fingerprint density at radius 1 is 1.08 bits per heavy atom. The summed E-state index contributed by atoms with van der Waals surface area (Å²) in [6.07, 6.45) is 5.39. The van der Waals surface area contributed by atoms with Gasteiger partial charge in [-0.3, -0.25) is 4.79 Å². The van der Waals surface area contributed by atoms with E-state index < -0.39 is 11.4 Å². The lowest BCUT2D eigenvalue weighted by Gasteiger charge is -2.28.